The van der Waals surface area contributed by atoms with Gasteiger partial charge < -0.3 is 10.6 Å². The molecule has 0 radical (unpaired) electrons. The van der Waals surface area contributed by atoms with Crippen molar-refractivity contribution in [3.05, 3.63) is 41.8 Å². The zero-order valence-electron chi connectivity index (χ0n) is 12.5. The maximum atomic E-state index is 13.8. The van der Waals surface area contributed by atoms with Gasteiger partial charge in [-0.3, -0.25) is 9.89 Å². The number of carbonyl (C=O) groups is 1. The van der Waals surface area contributed by atoms with E-state index in [1.165, 1.54) is 12.3 Å². The first kappa shape index (κ1) is 18.1. The summed E-state index contributed by atoms with van der Waals surface area (Å²) in [6.07, 6.45) is 1.41. The van der Waals surface area contributed by atoms with Gasteiger partial charge in [0.15, 0.2) is 0 Å². The van der Waals surface area contributed by atoms with E-state index in [1.54, 1.807) is 18.2 Å². The number of benzene rings is 1. The number of H-pyrrole nitrogens is 1. The fourth-order valence-corrected chi connectivity index (χ4v) is 2.09. The van der Waals surface area contributed by atoms with Crippen LogP contribution in [0.1, 0.15) is 24.2 Å². The lowest BCUT2D eigenvalue weighted by atomic mass is 10.1. The molecule has 22 heavy (non-hydrogen) atoms. The second kappa shape index (κ2) is 8.51. The Balaban J connectivity index is 0.00000242. The van der Waals surface area contributed by atoms with Gasteiger partial charge in [-0.1, -0.05) is 19.1 Å². The zero-order chi connectivity index (χ0) is 15.2. The van der Waals surface area contributed by atoms with E-state index in [0.29, 0.717) is 23.4 Å². The molecule has 1 heterocycles. The molecule has 2 aromatic rings. The van der Waals surface area contributed by atoms with Gasteiger partial charge in [-0.05, 0) is 25.6 Å². The Labute approximate surface area is 135 Å². The van der Waals surface area contributed by atoms with Gasteiger partial charge in [0.05, 0.1) is 17.5 Å². The van der Waals surface area contributed by atoms with Crippen LogP contribution in [0.2, 0.25) is 0 Å². The van der Waals surface area contributed by atoms with Crippen molar-refractivity contribution in [2.75, 3.05) is 13.1 Å². The van der Waals surface area contributed by atoms with E-state index in [1.807, 2.05) is 13.8 Å². The number of hydrogen-bond acceptors (Lipinski definition) is 3. The summed E-state index contributed by atoms with van der Waals surface area (Å²) in [5.41, 5.74) is 1.06. The van der Waals surface area contributed by atoms with Crippen LogP contribution in [0.4, 0.5) is 4.39 Å². The predicted molar refractivity (Wildman–Crippen MR) is 86.7 cm³/mol. The maximum Gasteiger partial charge on any atom is 0.255 e. The lowest BCUT2D eigenvalue weighted by Crippen LogP contribution is -2.38. The molecule has 1 aromatic carbocycles. The average molecular weight is 327 g/mol. The summed E-state index contributed by atoms with van der Waals surface area (Å²) < 4.78 is 13.8. The number of aromatic nitrogens is 2. The first-order valence-electron chi connectivity index (χ1n) is 6.93. The van der Waals surface area contributed by atoms with E-state index >= 15 is 0 Å². The molecule has 5 nitrogen and oxygen atoms in total. The van der Waals surface area contributed by atoms with E-state index in [4.69, 9.17) is 0 Å². The number of nitrogens with zero attached hydrogens (tertiary/aromatic N) is 1. The van der Waals surface area contributed by atoms with Crippen molar-refractivity contribution in [3.8, 4) is 11.3 Å². The number of hydrogen-bond donors (Lipinski definition) is 3. The van der Waals surface area contributed by atoms with Gasteiger partial charge in [-0.25, -0.2) is 4.39 Å². The van der Waals surface area contributed by atoms with Gasteiger partial charge in [0.1, 0.15) is 5.82 Å². The van der Waals surface area contributed by atoms with Gasteiger partial charge in [0.2, 0.25) is 0 Å². The van der Waals surface area contributed by atoms with Crippen molar-refractivity contribution >= 4 is 18.3 Å². The second-order valence-corrected chi connectivity index (χ2v) is 4.81. The summed E-state index contributed by atoms with van der Waals surface area (Å²) in [6, 6.07) is 6.45. The number of amides is 1. The largest absolute Gasteiger partial charge is 0.350 e. The van der Waals surface area contributed by atoms with Crippen LogP contribution in [-0.4, -0.2) is 35.2 Å². The minimum absolute atomic E-state index is 0. The minimum atomic E-state index is -0.392. The maximum absolute atomic E-state index is 13.8. The molecule has 0 aliphatic carbocycles. The van der Waals surface area contributed by atoms with Crippen LogP contribution in [-0.2, 0) is 0 Å². The normalized spacial score (nSPS) is 11.6. The summed E-state index contributed by atoms with van der Waals surface area (Å²) in [4.78, 5) is 12.2. The van der Waals surface area contributed by atoms with Gasteiger partial charge in [-0.2, -0.15) is 5.10 Å². The first-order chi connectivity index (χ1) is 10.1. The van der Waals surface area contributed by atoms with Crippen LogP contribution >= 0.6 is 12.4 Å². The van der Waals surface area contributed by atoms with E-state index < -0.39 is 5.82 Å². The van der Waals surface area contributed by atoms with Crippen molar-refractivity contribution in [3.63, 3.8) is 0 Å². The fraction of sp³-hybridized carbons (Fsp3) is 0.333. The van der Waals surface area contributed by atoms with Gasteiger partial charge in [-0.15, -0.1) is 12.4 Å². The molecule has 0 saturated heterocycles. The molecular formula is C15H20ClFN4O. The Morgan fingerprint density at radius 3 is 2.82 bits per heavy atom. The Morgan fingerprint density at radius 2 is 2.14 bits per heavy atom. The Hall–Kier alpha value is -1.92. The van der Waals surface area contributed by atoms with E-state index in [-0.39, 0.29) is 24.4 Å². The topological polar surface area (TPSA) is 69.8 Å². The molecule has 2 rings (SSSR count). The highest BCUT2D eigenvalue weighted by Gasteiger charge is 2.17. The highest BCUT2D eigenvalue weighted by atomic mass is 35.5. The molecule has 0 spiro atoms. The monoisotopic (exact) mass is 326 g/mol. The fourth-order valence-electron chi connectivity index (χ4n) is 2.09. The van der Waals surface area contributed by atoms with Crippen LogP contribution in [0.15, 0.2) is 30.5 Å². The Morgan fingerprint density at radius 1 is 1.41 bits per heavy atom. The van der Waals surface area contributed by atoms with Crippen molar-refractivity contribution in [1.82, 2.24) is 20.8 Å². The quantitative estimate of drug-likeness (QED) is 0.763. The molecule has 0 aliphatic rings. The summed E-state index contributed by atoms with van der Waals surface area (Å²) >= 11 is 0. The smallest absolute Gasteiger partial charge is 0.255 e. The summed E-state index contributed by atoms with van der Waals surface area (Å²) in [5.74, 6) is -0.663. The van der Waals surface area contributed by atoms with Crippen molar-refractivity contribution < 1.29 is 9.18 Å². The van der Waals surface area contributed by atoms with Crippen LogP contribution in [0, 0.1) is 5.82 Å². The Kier molecular flexibility index (Phi) is 7.01. The van der Waals surface area contributed by atoms with Crippen molar-refractivity contribution in [1.29, 1.82) is 0 Å². The lowest BCUT2D eigenvalue weighted by molar-refractivity contribution is 0.0951. The van der Waals surface area contributed by atoms with E-state index in [2.05, 4.69) is 20.8 Å². The molecule has 0 aliphatic heterocycles. The standard InChI is InChI=1S/C15H19FN4O.ClH/c1-3-17-10(2)8-18-15(21)12-9-19-20-14(12)11-6-4-5-7-13(11)16;/h4-7,9-10,17H,3,8H2,1-2H3,(H,18,21)(H,19,20);1H/t10-;/m1./s1. The predicted octanol–water partition coefficient (Wildman–Crippen LogP) is 2.37. The van der Waals surface area contributed by atoms with Crippen molar-refractivity contribution in [2.24, 2.45) is 0 Å². The third-order valence-corrected chi connectivity index (χ3v) is 3.15. The Bertz CT molecular complexity index is 617. The second-order valence-electron chi connectivity index (χ2n) is 4.81. The van der Waals surface area contributed by atoms with Gasteiger partial charge >= 0.3 is 0 Å². The summed E-state index contributed by atoms with van der Waals surface area (Å²) in [5, 5.41) is 12.6. The molecule has 0 bridgehead atoms. The number of nitrogens with one attached hydrogen (secondary N) is 3. The van der Waals surface area contributed by atoms with Gasteiger partial charge in [0, 0.05) is 18.2 Å². The third-order valence-electron chi connectivity index (χ3n) is 3.15. The van der Waals surface area contributed by atoms with Gasteiger partial charge in [0.25, 0.3) is 5.91 Å². The SMILES string of the molecule is CCN[C@H](C)CNC(=O)c1cn[nH]c1-c1ccccc1F.Cl. The number of likely N-dealkylation sites (N-methyl/N-ethyl adjacent to an activating group) is 1. The molecule has 1 atom stereocenters. The highest BCUT2D eigenvalue weighted by Crippen LogP contribution is 2.23. The van der Waals surface area contributed by atoms with Crippen LogP contribution < -0.4 is 10.6 Å². The van der Waals surface area contributed by atoms with Crippen LogP contribution in [0.5, 0.6) is 0 Å². The number of halogens is 2. The van der Waals surface area contributed by atoms with E-state index in [0.717, 1.165) is 6.54 Å². The summed E-state index contributed by atoms with van der Waals surface area (Å²) in [6.45, 7) is 5.32. The van der Waals surface area contributed by atoms with Crippen LogP contribution in [0.3, 0.4) is 0 Å². The summed E-state index contributed by atoms with van der Waals surface area (Å²) in [7, 11) is 0. The molecule has 7 heteroatoms. The molecule has 1 amide bonds. The first-order valence-corrected chi connectivity index (χ1v) is 6.93. The minimum Gasteiger partial charge on any atom is -0.350 e. The van der Waals surface area contributed by atoms with E-state index in [9.17, 15) is 9.18 Å². The van der Waals surface area contributed by atoms with Crippen molar-refractivity contribution in [2.45, 2.75) is 19.9 Å². The van der Waals surface area contributed by atoms with Crippen LogP contribution in [0.25, 0.3) is 11.3 Å². The molecular weight excluding hydrogens is 307 g/mol. The zero-order valence-corrected chi connectivity index (χ0v) is 13.3. The third kappa shape index (κ3) is 4.29. The highest BCUT2D eigenvalue weighted by molar-refractivity contribution is 5.99. The number of carbonyl (C=O) groups excluding carboxylic acids is 1. The average Bonchev–Trinajstić information content (AvgIpc) is 2.95. The molecule has 0 fully saturated rings. The number of rotatable bonds is 6. The lowest BCUT2D eigenvalue weighted by Gasteiger charge is -2.13. The number of aromatic amines is 1. The molecule has 120 valence electrons. The molecule has 0 saturated carbocycles. The molecule has 0 unspecified atom stereocenters. The molecule has 3 N–H and O–H groups in total. The molecule has 1 aromatic heterocycles.